The van der Waals surface area contributed by atoms with Crippen molar-refractivity contribution in [2.45, 2.75) is 38.3 Å². The Morgan fingerprint density at radius 3 is 2.29 bits per heavy atom. The number of nitrogens with two attached hydrogens (primary N) is 1. The first kappa shape index (κ1) is 12.4. The van der Waals surface area contributed by atoms with Gasteiger partial charge in [-0.25, -0.2) is 0 Å². The van der Waals surface area contributed by atoms with Gasteiger partial charge in [-0.2, -0.15) is 0 Å². The molecule has 1 aliphatic rings. The van der Waals surface area contributed by atoms with Crippen molar-refractivity contribution in [1.82, 2.24) is 0 Å². The zero-order valence-electron chi connectivity index (χ0n) is 10.6. The van der Waals surface area contributed by atoms with Gasteiger partial charge >= 0.3 is 0 Å². The molecule has 2 N–H and O–H groups in total. The third-order valence-corrected chi connectivity index (χ3v) is 3.19. The molecule has 1 aliphatic heterocycles. The highest BCUT2D eigenvalue weighted by atomic mass is 16.5. The van der Waals surface area contributed by atoms with E-state index >= 15 is 0 Å². The minimum atomic E-state index is -0.228. The summed E-state index contributed by atoms with van der Waals surface area (Å²) in [5.41, 5.74) is 7.36. The molecular weight excluding hydrogens is 214 g/mol. The van der Waals surface area contributed by atoms with Crippen LogP contribution in [0.15, 0.2) is 24.3 Å². The summed E-state index contributed by atoms with van der Waals surface area (Å²) in [6, 6.07) is 8.14. The summed E-state index contributed by atoms with van der Waals surface area (Å²) in [7, 11) is 0. The van der Waals surface area contributed by atoms with Crippen LogP contribution in [0.25, 0.3) is 0 Å². The number of hydrogen-bond donors (Lipinski definition) is 1. The van der Waals surface area contributed by atoms with Gasteiger partial charge in [-0.05, 0) is 44.4 Å². The molecule has 0 bridgehead atoms. The number of rotatable bonds is 3. The molecular formula is C14H21NO2. The van der Waals surface area contributed by atoms with E-state index in [0.717, 1.165) is 31.8 Å². The first-order valence-electron chi connectivity index (χ1n) is 6.24. The van der Waals surface area contributed by atoms with E-state index in [9.17, 15) is 0 Å². The molecule has 94 valence electrons. The van der Waals surface area contributed by atoms with Crippen LogP contribution in [0.2, 0.25) is 0 Å². The second-order valence-electron chi connectivity index (χ2n) is 4.96. The highest BCUT2D eigenvalue weighted by molar-refractivity contribution is 5.32. The van der Waals surface area contributed by atoms with Gasteiger partial charge < -0.3 is 15.2 Å². The fourth-order valence-corrected chi connectivity index (χ4v) is 2.16. The molecule has 17 heavy (non-hydrogen) atoms. The molecule has 0 spiro atoms. The summed E-state index contributed by atoms with van der Waals surface area (Å²) in [5.74, 6) is 0.902. The monoisotopic (exact) mass is 235 g/mol. The Balaban J connectivity index is 2.11. The third-order valence-electron chi connectivity index (χ3n) is 3.19. The summed E-state index contributed by atoms with van der Waals surface area (Å²) in [6.07, 6.45) is 1.98. The number of ether oxygens (including phenoxy) is 2. The van der Waals surface area contributed by atoms with E-state index in [0.29, 0.717) is 0 Å². The first-order chi connectivity index (χ1) is 8.10. The highest BCUT2D eigenvalue weighted by Crippen LogP contribution is 2.30. The molecule has 0 radical (unpaired) electrons. The molecule has 1 aromatic carbocycles. The summed E-state index contributed by atoms with van der Waals surface area (Å²) in [6.45, 7) is 5.55. The van der Waals surface area contributed by atoms with Crippen molar-refractivity contribution >= 4 is 0 Å². The molecule has 1 saturated heterocycles. The standard InChI is InChI=1S/C14H21NO2/c1-11(2)17-13-5-3-12(4-6-13)14(15)7-9-16-10-8-14/h3-6,11H,7-10,15H2,1-2H3. The van der Waals surface area contributed by atoms with Crippen LogP contribution in [0.5, 0.6) is 5.75 Å². The molecule has 0 atom stereocenters. The van der Waals surface area contributed by atoms with Gasteiger partial charge in [-0.15, -0.1) is 0 Å². The van der Waals surface area contributed by atoms with Gasteiger partial charge in [0, 0.05) is 18.8 Å². The average Bonchev–Trinajstić information content (AvgIpc) is 2.30. The predicted molar refractivity (Wildman–Crippen MR) is 68.1 cm³/mol. The summed E-state index contributed by atoms with van der Waals surface area (Å²) in [5, 5.41) is 0. The van der Waals surface area contributed by atoms with Crippen LogP contribution < -0.4 is 10.5 Å². The SMILES string of the molecule is CC(C)Oc1ccc(C2(N)CCOCC2)cc1. The quantitative estimate of drug-likeness (QED) is 0.875. The Morgan fingerprint density at radius 2 is 1.76 bits per heavy atom. The lowest BCUT2D eigenvalue weighted by molar-refractivity contribution is 0.0522. The Hall–Kier alpha value is -1.06. The van der Waals surface area contributed by atoms with E-state index < -0.39 is 0 Å². The predicted octanol–water partition coefficient (Wildman–Crippen LogP) is 2.44. The largest absolute Gasteiger partial charge is 0.491 e. The van der Waals surface area contributed by atoms with Crippen molar-refractivity contribution < 1.29 is 9.47 Å². The Morgan fingerprint density at radius 1 is 1.18 bits per heavy atom. The van der Waals surface area contributed by atoms with Crippen molar-refractivity contribution in [2.75, 3.05) is 13.2 Å². The number of hydrogen-bond acceptors (Lipinski definition) is 3. The molecule has 0 aromatic heterocycles. The maximum Gasteiger partial charge on any atom is 0.119 e. The van der Waals surface area contributed by atoms with E-state index in [2.05, 4.69) is 12.1 Å². The van der Waals surface area contributed by atoms with Gasteiger partial charge in [-0.1, -0.05) is 12.1 Å². The van der Waals surface area contributed by atoms with E-state index in [1.54, 1.807) is 0 Å². The molecule has 0 amide bonds. The first-order valence-corrected chi connectivity index (χ1v) is 6.24. The zero-order chi connectivity index (χ0) is 12.3. The van der Waals surface area contributed by atoms with Crippen LogP contribution in [0.3, 0.4) is 0 Å². The van der Waals surface area contributed by atoms with Gasteiger partial charge in [0.25, 0.3) is 0 Å². The van der Waals surface area contributed by atoms with Crippen LogP contribution in [-0.4, -0.2) is 19.3 Å². The minimum Gasteiger partial charge on any atom is -0.491 e. The van der Waals surface area contributed by atoms with Crippen molar-refractivity contribution in [3.63, 3.8) is 0 Å². The maximum atomic E-state index is 6.41. The summed E-state index contributed by atoms with van der Waals surface area (Å²) >= 11 is 0. The number of benzene rings is 1. The zero-order valence-corrected chi connectivity index (χ0v) is 10.6. The molecule has 0 aliphatic carbocycles. The van der Waals surface area contributed by atoms with Gasteiger partial charge in [-0.3, -0.25) is 0 Å². The van der Waals surface area contributed by atoms with Gasteiger partial charge in [0.05, 0.1) is 6.10 Å². The topological polar surface area (TPSA) is 44.5 Å². The van der Waals surface area contributed by atoms with E-state index in [4.69, 9.17) is 15.2 Å². The normalized spacial score (nSPS) is 19.3. The molecule has 0 unspecified atom stereocenters. The molecule has 0 saturated carbocycles. The lowest BCUT2D eigenvalue weighted by atomic mass is 9.84. The third kappa shape index (κ3) is 2.99. The van der Waals surface area contributed by atoms with Crippen LogP contribution in [-0.2, 0) is 10.3 Å². The van der Waals surface area contributed by atoms with Gasteiger partial charge in [0.1, 0.15) is 5.75 Å². The highest BCUT2D eigenvalue weighted by Gasteiger charge is 2.29. The van der Waals surface area contributed by atoms with Crippen LogP contribution in [0.1, 0.15) is 32.3 Å². The fraction of sp³-hybridized carbons (Fsp3) is 0.571. The average molecular weight is 235 g/mol. The second kappa shape index (κ2) is 5.07. The van der Waals surface area contributed by atoms with Crippen LogP contribution >= 0.6 is 0 Å². The summed E-state index contributed by atoms with van der Waals surface area (Å²) < 4.78 is 11.0. The smallest absolute Gasteiger partial charge is 0.119 e. The van der Waals surface area contributed by atoms with Gasteiger partial charge in [0.2, 0.25) is 0 Å². The van der Waals surface area contributed by atoms with E-state index in [-0.39, 0.29) is 11.6 Å². The molecule has 1 fully saturated rings. The fourth-order valence-electron chi connectivity index (χ4n) is 2.16. The Kier molecular flexibility index (Phi) is 3.69. The molecule has 1 aromatic rings. The lowest BCUT2D eigenvalue weighted by Crippen LogP contribution is -2.42. The second-order valence-corrected chi connectivity index (χ2v) is 4.96. The van der Waals surface area contributed by atoms with E-state index in [1.807, 2.05) is 26.0 Å². The van der Waals surface area contributed by atoms with Crippen molar-refractivity contribution in [2.24, 2.45) is 5.73 Å². The maximum absolute atomic E-state index is 6.41. The summed E-state index contributed by atoms with van der Waals surface area (Å²) in [4.78, 5) is 0. The molecule has 2 rings (SSSR count). The van der Waals surface area contributed by atoms with Crippen LogP contribution in [0.4, 0.5) is 0 Å². The van der Waals surface area contributed by atoms with Crippen LogP contribution in [0, 0.1) is 0 Å². The van der Waals surface area contributed by atoms with Crippen molar-refractivity contribution in [3.8, 4) is 5.75 Å². The minimum absolute atomic E-state index is 0.204. The van der Waals surface area contributed by atoms with E-state index in [1.165, 1.54) is 5.56 Å². The van der Waals surface area contributed by atoms with Gasteiger partial charge in [0.15, 0.2) is 0 Å². The van der Waals surface area contributed by atoms with Crippen molar-refractivity contribution in [3.05, 3.63) is 29.8 Å². The Labute approximate surface area is 103 Å². The molecule has 1 heterocycles. The molecule has 3 nitrogen and oxygen atoms in total. The van der Waals surface area contributed by atoms with Crippen molar-refractivity contribution in [1.29, 1.82) is 0 Å². The lowest BCUT2D eigenvalue weighted by Gasteiger charge is -2.33. The molecule has 3 heteroatoms. The Bertz CT molecular complexity index is 353.